The van der Waals surface area contributed by atoms with E-state index in [4.69, 9.17) is 15.2 Å². The van der Waals surface area contributed by atoms with Crippen molar-refractivity contribution >= 4 is 11.8 Å². The van der Waals surface area contributed by atoms with Crippen LogP contribution >= 0.6 is 0 Å². The minimum atomic E-state index is -0.545. The highest BCUT2D eigenvalue weighted by Crippen LogP contribution is 2.12. The van der Waals surface area contributed by atoms with Crippen molar-refractivity contribution in [1.29, 1.82) is 0 Å². The molecule has 23 heavy (non-hydrogen) atoms. The zero-order valence-corrected chi connectivity index (χ0v) is 13.4. The van der Waals surface area contributed by atoms with Gasteiger partial charge in [0.05, 0.1) is 12.7 Å². The molecule has 0 aliphatic heterocycles. The third kappa shape index (κ3) is 4.98. The predicted octanol–water partition coefficient (Wildman–Crippen LogP) is 2.28. The number of ether oxygens (including phenoxy) is 2. The van der Waals surface area contributed by atoms with Gasteiger partial charge in [-0.25, -0.2) is 9.48 Å². The summed E-state index contributed by atoms with van der Waals surface area (Å²) in [4.78, 5) is 11.8. The van der Waals surface area contributed by atoms with Crippen molar-refractivity contribution in [2.24, 2.45) is 0 Å². The van der Waals surface area contributed by atoms with Crippen LogP contribution in [-0.4, -0.2) is 33.7 Å². The van der Waals surface area contributed by atoms with Gasteiger partial charge in [-0.1, -0.05) is 23.4 Å². The Bertz CT molecular complexity index is 626. The number of aryl methyl sites for hydroxylation is 1. The van der Waals surface area contributed by atoms with E-state index in [1.54, 1.807) is 13.8 Å². The molecule has 1 aromatic heterocycles. The molecule has 2 aromatic rings. The highest BCUT2D eigenvalue weighted by molar-refractivity contribution is 5.91. The van der Waals surface area contributed by atoms with Crippen molar-refractivity contribution in [2.45, 2.75) is 39.3 Å². The zero-order valence-electron chi connectivity index (χ0n) is 13.4. The number of unbranched alkanes of at least 4 members (excludes halogenated alkanes) is 1. The average Bonchev–Trinajstić information content (AvgIpc) is 2.88. The second-order valence-corrected chi connectivity index (χ2v) is 5.37. The predicted molar refractivity (Wildman–Crippen MR) is 86.2 cm³/mol. The lowest BCUT2D eigenvalue weighted by molar-refractivity contribution is 0.0372. The van der Waals surface area contributed by atoms with E-state index in [0.29, 0.717) is 13.2 Å². The molecular formula is C16H22N4O3. The highest BCUT2D eigenvalue weighted by Gasteiger charge is 2.19. The number of benzene rings is 1. The molecule has 1 heterocycles. The summed E-state index contributed by atoms with van der Waals surface area (Å²) < 4.78 is 12.2. The number of hydrogen-bond acceptors (Lipinski definition) is 6. The van der Waals surface area contributed by atoms with Crippen LogP contribution in [0.4, 0.5) is 5.82 Å². The maximum Gasteiger partial charge on any atom is 0.363 e. The van der Waals surface area contributed by atoms with Gasteiger partial charge in [0.25, 0.3) is 0 Å². The highest BCUT2D eigenvalue weighted by atomic mass is 16.5. The normalized spacial score (nSPS) is 10.7. The number of esters is 1. The van der Waals surface area contributed by atoms with E-state index in [0.717, 1.165) is 18.6 Å². The Balaban J connectivity index is 1.76. The van der Waals surface area contributed by atoms with Gasteiger partial charge in [-0.2, -0.15) is 0 Å². The van der Waals surface area contributed by atoms with Crippen LogP contribution in [0.5, 0.6) is 5.75 Å². The molecule has 0 fully saturated rings. The van der Waals surface area contributed by atoms with Gasteiger partial charge in [-0.15, -0.1) is 5.10 Å². The molecule has 0 saturated carbocycles. The number of carbonyl (C=O) groups excluding carboxylic acids is 1. The van der Waals surface area contributed by atoms with Crippen molar-refractivity contribution in [3.8, 4) is 5.75 Å². The first-order valence-corrected chi connectivity index (χ1v) is 7.65. The molecule has 1 aromatic carbocycles. The summed E-state index contributed by atoms with van der Waals surface area (Å²) >= 11 is 0. The molecule has 0 unspecified atom stereocenters. The van der Waals surface area contributed by atoms with Crippen LogP contribution in [0.25, 0.3) is 0 Å². The van der Waals surface area contributed by atoms with Crippen LogP contribution < -0.4 is 10.5 Å². The number of nitrogens with zero attached hydrogens (tertiary/aromatic N) is 3. The summed E-state index contributed by atoms with van der Waals surface area (Å²) in [6.45, 7) is 4.73. The summed E-state index contributed by atoms with van der Waals surface area (Å²) in [6, 6.07) is 9.65. The smallest absolute Gasteiger partial charge is 0.363 e. The van der Waals surface area contributed by atoms with Crippen LogP contribution in [0.2, 0.25) is 0 Å². The number of nitrogens with two attached hydrogens (primary N) is 1. The molecule has 0 bridgehead atoms. The molecular weight excluding hydrogens is 296 g/mol. The first kappa shape index (κ1) is 16.8. The van der Waals surface area contributed by atoms with Crippen molar-refractivity contribution in [3.63, 3.8) is 0 Å². The Kier molecular flexibility index (Phi) is 5.96. The average molecular weight is 318 g/mol. The number of hydrogen-bond donors (Lipinski definition) is 1. The number of carbonyl (C=O) groups is 1. The van der Waals surface area contributed by atoms with Crippen molar-refractivity contribution in [3.05, 3.63) is 36.0 Å². The SMILES string of the molecule is CC(C)OC(=O)c1nnn(CCCCOc2ccccc2)c1N. The lowest BCUT2D eigenvalue weighted by Crippen LogP contribution is -2.14. The third-order valence-electron chi connectivity index (χ3n) is 3.09. The molecule has 2 rings (SSSR count). The number of para-hydroxylation sites is 1. The molecule has 7 heteroatoms. The molecule has 0 aliphatic carbocycles. The van der Waals surface area contributed by atoms with E-state index in [9.17, 15) is 4.79 Å². The molecule has 124 valence electrons. The van der Waals surface area contributed by atoms with Gasteiger partial charge in [-0.3, -0.25) is 0 Å². The van der Waals surface area contributed by atoms with E-state index >= 15 is 0 Å². The summed E-state index contributed by atoms with van der Waals surface area (Å²) in [5, 5.41) is 7.70. The van der Waals surface area contributed by atoms with Gasteiger partial charge in [0.2, 0.25) is 5.69 Å². The van der Waals surface area contributed by atoms with Gasteiger partial charge in [0.15, 0.2) is 5.82 Å². The fourth-order valence-electron chi connectivity index (χ4n) is 1.97. The lowest BCUT2D eigenvalue weighted by Gasteiger charge is -2.07. The molecule has 0 spiro atoms. The summed E-state index contributed by atoms with van der Waals surface area (Å²) in [7, 11) is 0. The van der Waals surface area contributed by atoms with Crippen molar-refractivity contribution in [2.75, 3.05) is 12.3 Å². The van der Waals surface area contributed by atoms with E-state index in [1.807, 2.05) is 30.3 Å². The summed E-state index contributed by atoms with van der Waals surface area (Å²) in [5.41, 5.74) is 5.96. The monoisotopic (exact) mass is 318 g/mol. The second kappa shape index (κ2) is 8.17. The number of anilines is 1. The molecule has 0 amide bonds. The maximum atomic E-state index is 11.8. The topological polar surface area (TPSA) is 92.3 Å². The Hall–Kier alpha value is -2.57. The maximum absolute atomic E-state index is 11.8. The number of nitrogen functional groups attached to an aromatic ring is 1. The summed E-state index contributed by atoms with van der Waals surface area (Å²) in [6.07, 6.45) is 1.45. The van der Waals surface area contributed by atoms with Crippen LogP contribution in [-0.2, 0) is 11.3 Å². The number of rotatable bonds is 8. The van der Waals surface area contributed by atoms with Crippen LogP contribution in [0, 0.1) is 0 Å². The number of aromatic nitrogens is 3. The molecule has 7 nitrogen and oxygen atoms in total. The fraction of sp³-hybridized carbons (Fsp3) is 0.438. The van der Waals surface area contributed by atoms with E-state index < -0.39 is 5.97 Å². The third-order valence-corrected chi connectivity index (χ3v) is 3.09. The van der Waals surface area contributed by atoms with Gasteiger partial charge >= 0.3 is 5.97 Å². The van der Waals surface area contributed by atoms with E-state index in [-0.39, 0.29) is 17.6 Å². The first-order valence-electron chi connectivity index (χ1n) is 7.65. The van der Waals surface area contributed by atoms with Gasteiger partial charge in [0.1, 0.15) is 5.75 Å². The minimum Gasteiger partial charge on any atom is -0.494 e. The van der Waals surface area contributed by atoms with E-state index in [1.165, 1.54) is 4.68 Å². The molecule has 0 radical (unpaired) electrons. The standard InChI is InChI=1S/C16H22N4O3/c1-12(2)23-16(21)14-15(17)20(19-18-14)10-6-7-11-22-13-8-4-3-5-9-13/h3-5,8-9,12H,6-7,10-11,17H2,1-2H3. The Morgan fingerprint density at radius 1 is 1.26 bits per heavy atom. The summed E-state index contributed by atoms with van der Waals surface area (Å²) in [5.74, 6) is 0.544. The fourth-order valence-corrected chi connectivity index (χ4v) is 1.97. The van der Waals surface area contributed by atoms with Crippen molar-refractivity contribution < 1.29 is 14.3 Å². The minimum absolute atomic E-state index is 0.0687. The van der Waals surface area contributed by atoms with Crippen LogP contribution in [0.1, 0.15) is 37.2 Å². The van der Waals surface area contributed by atoms with Gasteiger partial charge < -0.3 is 15.2 Å². The largest absolute Gasteiger partial charge is 0.494 e. The van der Waals surface area contributed by atoms with E-state index in [2.05, 4.69) is 10.3 Å². The second-order valence-electron chi connectivity index (χ2n) is 5.37. The first-order chi connectivity index (χ1) is 11.1. The molecule has 2 N–H and O–H groups in total. The molecule has 0 aliphatic rings. The Morgan fingerprint density at radius 2 is 2.00 bits per heavy atom. The zero-order chi connectivity index (χ0) is 16.7. The Labute approximate surface area is 135 Å². The van der Waals surface area contributed by atoms with Crippen molar-refractivity contribution in [1.82, 2.24) is 15.0 Å². The lowest BCUT2D eigenvalue weighted by atomic mass is 10.3. The molecule has 0 atom stereocenters. The van der Waals surface area contributed by atoms with Gasteiger partial charge in [-0.05, 0) is 38.8 Å². The Morgan fingerprint density at radius 3 is 2.70 bits per heavy atom. The van der Waals surface area contributed by atoms with Crippen LogP contribution in [0.15, 0.2) is 30.3 Å². The van der Waals surface area contributed by atoms with Crippen LogP contribution in [0.3, 0.4) is 0 Å². The quantitative estimate of drug-likeness (QED) is 0.593. The molecule has 0 saturated heterocycles. The van der Waals surface area contributed by atoms with Gasteiger partial charge in [0, 0.05) is 6.54 Å².